The number of hydrogen-bond acceptors (Lipinski definition) is 2. The van der Waals surface area contributed by atoms with Crippen molar-refractivity contribution in [2.75, 3.05) is 13.6 Å². The average Bonchev–Trinajstić information content (AvgIpc) is 2.49. The summed E-state index contributed by atoms with van der Waals surface area (Å²) in [6.45, 7) is 0.310. The maximum absolute atomic E-state index is 11.7. The van der Waals surface area contributed by atoms with E-state index >= 15 is 0 Å². The van der Waals surface area contributed by atoms with Crippen molar-refractivity contribution in [3.8, 4) is 11.1 Å². The molecule has 0 aliphatic carbocycles. The fraction of sp³-hybridized carbons (Fsp3) is 0.188. The van der Waals surface area contributed by atoms with Crippen LogP contribution >= 0.6 is 0 Å². The van der Waals surface area contributed by atoms with Crippen LogP contribution < -0.4 is 11.1 Å². The van der Waals surface area contributed by atoms with Crippen LogP contribution in [0.2, 0.25) is 0 Å². The molecule has 0 spiro atoms. The largest absolute Gasteiger partial charge is 0.359 e. The Bertz CT molecular complexity index is 534. The molecule has 0 heterocycles. The van der Waals surface area contributed by atoms with Crippen LogP contribution in [0.25, 0.3) is 11.1 Å². The van der Waals surface area contributed by atoms with Gasteiger partial charge in [-0.1, -0.05) is 54.6 Å². The van der Waals surface area contributed by atoms with Gasteiger partial charge in [0, 0.05) is 13.6 Å². The molecule has 2 aromatic carbocycles. The van der Waals surface area contributed by atoms with Gasteiger partial charge in [-0.15, -0.1) is 0 Å². The molecule has 3 heteroatoms. The summed E-state index contributed by atoms with van der Waals surface area (Å²) in [6, 6.07) is 18.1. The van der Waals surface area contributed by atoms with Crippen LogP contribution in [0.4, 0.5) is 0 Å². The molecule has 0 aromatic heterocycles. The molecule has 98 valence electrons. The zero-order valence-corrected chi connectivity index (χ0v) is 11.0. The monoisotopic (exact) mass is 254 g/mol. The highest BCUT2D eigenvalue weighted by Gasteiger charge is 2.17. The van der Waals surface area contributed by atoms with Crippen molar-refractivity contribution in [1.29, 1.82) is 0 Å². The molecule has 2 aromatic rings. The number of likely N-dealkylation sites (N-methyl/N-ethyl adjacent to an activating group) is 1. The van der Waals surface area contributed by atoms with Gasteiger partial charge in [0.05, 0.1) is 5.92 Å². The van der Waals surface area contributed by atoms with Crippen LogP contribution in [0.15, 0.2) is 54.6 Å². The van der Waals surface area contributed by atoms with Gasteiger partial charge < -0.3 is 11.1 Å². The summed E-state index contributed by atoms with van der Waals surface area (Å²) < 4.78 is 0. The van der Waals surface area contributed by atoms with Gasteiger partial charge in [0.15, 0.2) is 0 Å². The lowest BCUT2D eigenvalue weighted by atomic mass is 9.95. The molecule has 1 unspecified atom stereocenters. The fourth-order valence-electron chi connectivity index (χ4n) is 2.11. The van der Waals surface area contributed by atoms with E-state index in [1.807, 2.05) is 42.5 Å². The summed E-state index contributed by atoms with van der Waals surface area (Å²) >= 11 is 0. The Morgan fingerprint density at radius 1 is 1.05 bits per heavy atom. The maximum Gasteiger partial charge on any atom is 0.228 e. The van der Waals surface area contributed by atoms with Crippen LogP contribution in [0, 0.1) is 0 Å². The summed E-state index contributed by atoms with van der Waals surface area (Å²) in [7, 11) is 1.63. The Morgan fingerprint density at radius 3 is 2.16 bits per heavy atom. The molecular formula is C16H18N2O. The van der Waals surface area contributed by atoms with Crippen LogP contribution in [0.5, 0.6) is 0 Å². The molecule has 0 saturated carbocycles. The SMILES string of the molecule is CNC(=O)C(CN)c1ccc(-c2ccccc2)cc1. The van der Waals surface area contributed by atoms with Crippen molar-refractivity contribution < 1.29 is 4.79 Å². The second kappa shape index (κ2) is 6.16. The number of carbonyl (C=O) groups is 1. The Hall–Kier alpha value is -2.13. The van der Waals surface area contributed by atoms with E-state index in [-0.39, 0.29) is 11.8 Å². The first kappa shape index (κ1) is 13.3. The number of benzene rings is 2. The predicted molar refractivity (Wildman–Crippen MR) is 77.7 cm³/mol. The van der Waals surface area contributed by atoms with Crippen LogP contribution in [0.1, 0.15) is 11.5 Å². The summed E-state index contributed by atoms with van der Waals surface area (Å²) in [6.07, 6.45) is 0. The average molecular weight is 254 g/mol. The minimum atomic E-state index is -0.283. The van der Waals surface area contributed by atoms with Gasteiger partial charge in [-0.25, -0.2) is 0 Å². The summed E-state index contributed by atoms with van der Waals surface area (Å²) in [4.78, 5) is 11.7. The zero-order valence-electron chi connectivity index (χ0n) is 11.0. The van der Waals surface area contributed by atoms with Crippen molar-refractivity contribution in [1.82, 2.24) is 5.32 Å². The lowest BCUT2D eigenvalue weighted by Crippen LogP contribution is -2.30. The van der Waals surface area contributed by atoms with Gasteiger partial charge in [-0.05, 0) is 16.7 Å². The molecule has 0 radical (unpaired) electrons. The van der Waals surface area contributed by atoms with E-state index in [2.05, 4.69) is 17.4 Å². The Balaban J connectivity index is 2.25. The minimum Gasteiger partial charge on any atom is -0.359 e. The van der Waals surface area contributed by atoms with E-state index < -0.39 is 0 Å². The molecule has 1 amide bonds. The van der Waals surface area contributed by atoms with Gasteiger partial charge >= 0.3 is 0 Å². The molecule has 3 nitrogen and oxygen atoms in total. The molecule has 2 rings (SSSR count). The summed E-state index contributed by atoms with van der Waals surface area (Å²) in [5, 5.41) is 2.64. The third kappa shape index (κ3) is 3.01. The second-order valence-electron chi connectivity index (χ2n) is 4.39. The smallest absolute Gasteiger partial charge is 0.228 e. The van der Waals surface area contributed by atoms with E-state index in [1.165, 1.54) is 5.56 Å². The van der Waals surface area contributed by atoms with Crippen LogP contribution in [0.3, 0.4) is 0 Å². The highest BCUT2D eigenvalue weighted by atomic mass is 16.1. The highest BCUT2D eigenvalue weighted by Crippen LogP contribution is 2.22. The first-order valence-electron chi connectivity index (χ1n) is 6.33. The third-order valence-electron chi connectivity index (χ3n) is 3.22. The lowest BCUT2D eigenvalue weighted by molar-refractivity contribution is -0.121. The molecule has 1 atom stereocenters. The van der Waals surface area contributed by atoms with Gasteiger partial charge in [-0.3, -0.25) is 4.79 Å². The normalized spacial score (nSPS) is 11.9. The molecule has 0 fully saturated rings. The van der Waals surface area contributed by atoms with Crippen molar-refractivity contribution in [2.45, 2.75) is 5.92 Å². The lowest BCUT2D eigenvalue weighted by Gasteiger charge is -2.14. The van der Waals surface area contributed by atoms with Crippen LogP contribution in [-0.4, -0.2) is 19.5 Å². The molecule has 0 saturated heterocycles. The fourth-order valence-corrected chi connectivity index (χ4v) is 2.11. The highest BCUT2D eigenvalue weighted by molar-refractivity contribution is 5.83. The second-order valence-corrected chi connectivity index (χ2v) is 4.39. The van der Waals surface area contributed by atoms with E-state index in [0.717, 1.165) is 11.1 Å². The molecule has 0 bridgehead atoms. The molecule has 19 heavy (non-hydrogen) atoms. The van der Waals surface area contributed by atoms with Crippen molar-refractivity contribution in [3.05, 3.63) is 60.2 Å². The zero-order chi connectivity index (χ0) is 13.7. The number of nitrogens with two attached hydrogens (primary N) is 1. The van der Waals surface area contributed by atoms with Gasteiger partial charge in [0.25, 0.3) is 0 Å². The standard InChI is InChI=1S/C16H18N2O/c1-18-16(19)15(11-17)14-9-7-13(8-10-14)12-5-3-2-4-6-12/h2-10,15H,11,17H2,1H3,(H,18,19). The van der Waals surface area contributed by atoms with Gasteiger partial charge in [0.2, 0.25) is 5.91 Å². The number of amides is 1. The van der Waals surface area contributed by atoms with Crippen molar-refractivity contribution in [2.24, 2.45) is 5.73 Å². The van der Waals surface area contributed by atoms with Crippen molar-refractivity contribution in [3.63, 3.8) is 0 Å². The summed E-state index contributed by atoms with van der Waals surface area (Å²) in [5.41, 5.74) is 8.92. The molecular weight excluding hydrogens is 236 g/mol. The Morgan fingerprint density at radius 2 is 1.63 bits per heavy atom. The van der Waals surface area contributed by atoms with E-state index in [9.17, 15) is 4.79 Å². The third-order valence-corrected chi connectivity index (χ3v) is 3.22. The number of nitrogens with one attached hydrogen (secondary N) is 1. The Kier molecular flexibility index (Phi) is 4.31. The van der Waals surface area contributed by atoms with Crippen molar-refractivity contribution >= 4 is 5.91 Å². The number of rotatable bonds is 4. The minimum absolute atomic E-state index is 0.0463. The molecule has 3 N–H and O–H groups in total. The van der Waals surface area contributed by atoms with E-state index in [4.69, 9.17) is 5.73 Å². The summed E-state index contributed by atoms with van der Waals surface area (Å²) in [5.74, 6) is -0.329. The van der Waals surface area contributed by atoms with E-state index in [1.54, 1.807) is 7.05 Å². The number of carbonyl (C=O) groups excluding carboxylic acids is 1. The maximum atomic E-state index is 11.7. The molecule has 0 aliphatic rings. The predicted octanol–water partition coefficient (Wildman–Crippen LogP) is 2.14. The topological polar surface area (TPSA) is 55.1 Å². The first-order valence-corrected chi connectivity index (χ1v) is 6.33. The van der Waals surface area contributed by atoms with E-state index in [0.29, 0.717) is 6.54 Å². The Labute approximate surface area is 113 Å². The van der Waals surface area contributed by atoms with Gasteiger partial charge in [-0.2, -0.15) is 0 Å². The number of hydrogen-bond donors (Lipinski definition) is 2. The first-order chi connectivity index (χ1) is 9.26. The molecule has 0 aliphatic heterocycles. The quantitative estimate of drug-likeness (QED) is 0.878. The van der Waals surface area contributed by atoms with Crippen LogP contribution in [-0.2, 0) is 4.79 Å². The van der Waals surface area contributed by atoms with Gasteiger partial charge in [0.1, 0.15) is 0 Å².